The Labute approximate surface area is 207 Å². The van der Waals surface area contributed by atoms with Gasteiger partial charge < -0.3 is 15.0 Å². The van der Waals surface area contributed by atoms with Gasteiger partial charge in [-0.2, -0.15) is 18.3 Å². The molecule has 7 nitrogen and oxygen atoms in total. The summed E-state index contributed by atoms with van der Waals surface area (Å²) in [5.74, 6) is -0.480. The molecule has 0 radical (unpaired) electrons. The minimum Gasteiger partial charge on any atom is -0.459 e. The van der Waals surface area contributed by atoms with Crippen LogP contribution in [-0.2, 0) is 22.8 Å². The molecule has 11 heteroatoms. The summed E-state index contributed by atoms with van der Waals surface area (Å²) in [6.45, 7) is -0.0853. The molecule has 1 atom stereocenters. The zero-order valence-electron chi connectivity index (χ0n) is 19.3. The highest BCUT2D eigenvalue weighted by molar-refractivity contribution is 5.99. The van der Waals surface area contributed by atoms with Crippen LogP contribution in [0.15, 0.2) is 48.4 Å². The van der Waals surface area contributed by atoms with E-state index < -0.39 is 23.7 Å². The van der Waals surface area contributed by atoms with Gasteiger partial charge in [0.05, 0.1) is 12.1 Å². The summed E-state index contributed by atoms with van der Waals surface area (Å²) in [6, 6.07) is 5.72. The summed E-state index contributed by atoms with van der Waals surface area (Å²) in [7, 11) is 1.73. The Hall–Kier alpha value is -3.01. The number of amides is 2. The number of carbonyl (C=O) groups is 2. The first-order valence-corrected chi connectivity index (χ1v) is 11.4. The van der Waals surface area contributed by atoms with Gasteiger partial charge in [-0.3, -0.25) is 14.3 Å². The van der Waals surface area contributed by atoms with E-state index in [1.54, 1.807) is 24.0 Å². The van der Waals surface area contributed by atoms with Crippen LogP contribution in [0.1, 0.15) is 44.1 Å². The third kappa shape index (κ3) is 6.56. The molecule has 0 spiro atoms. The molecule has 1 aliphatic heterocycles. The van der Waals surface area contributed by atoms with E-state index in [0.717, 1.165) is 44.2 Å². The summed E-state index contributed by atoms with van der Waals surface area (Å²) in [6.07, 6.45) is 4.00. The van der Waals surface area contributed by atoms with Crippen LogP contribution in [0.25, 0.3) is 0 Å². The molecule has 2 aliphatic rings. The lowest BCUT2D eigenvalue weighted by molar-refractivity contribution is -0.138. The number of para-hydroxylation sites is 1. The van der Waals surface area contributed by atoms with Crippen LogP contribution >= 0.6 is 12.4 Å². The van der Waals surface area contributed by atoms with E-state index in [4.69, 9.17) is 4.74 Å². The van der Waals surface area contributed by atoms with Gasteiger partial charge >= 0.3 is 6.18 Å². The lowest BCUT2D eigenvalue weighted by Crippen LogP contribution is -2.46. The first-order chi connectivity index (χ1) is 16.2. The number of anilines is 1. The Morgan fingerprint density at radius 2 is 1.91 bits per heavy atom. The minimum atomic E-state index is -4.59. The fourth-order valence-corrected chi connectivity index (χ4v) is 4.57. The Morgan fingerprint density at radius 3 is 2.57 bits per heavy atom. The molecule has 0 unspecified atom stereocenters. The molecule has 190 valence electrons. The van der Waals surface area contributed by atoms with Gasteiger partial charge in [-0.15, -0.1) is 12.4 Å². The summed E-state index contributed by atoms with van der Waals surface area (Å²) in [4.78, 5) is 27.4. The number of benzene rings is 1. The van der Waals surface area contributed by atoms with Crippen molar-refractivity contribution in [3.05, 3.63) is 53.9 Å². The van der Waals surface area contributed by atoms with Crippen molar-refractivity contribution in [2.45, 2.75) is 50.7 Å². The quantitative estimate of drug-likeness (QED) is 0.570. The normalized spacial score (nSPS) is 17.5. The number of alkyl halides is 3. The number of carbonyl (C=O) groups excluding carboxylic acids is 2. The van der Waals surface area contributed by atoms with Gasteiger partial charge in [-0.05, 0) is 24.5 Å². The Kier molecular flexibility index (Phi) is 8.47. The Bertz CT molecular complexity index is 1080. The number of halogens is 4. The smallest absolute Gasteiger partial charge is 0.419 e. The molecule has 1 aromatic heterocycles. The third-order valence-electron chi connectivity index (χ3n) is 6.25. The second kappa shape index (κ2) is 11.2. The highest BCUT2D eigenvalue weighted by Crippen LogP contribution is 2.37. The number of nitrogens with zero attached hydrogens (tertiary/aromatic N) is 3. The summed E-state index contributed by atoms with van der Waals surface area (Å²) in [5.41, 5.74) is -0.923. The van der Waals surface area contributed by atoms with Crippen molar-refractivity contribution in [3.8, 4) is 5.75 Å². The Morgan fingerprint density at radius 1 is 1.20 bits per heavy atom. The zero-order chi connectivity index (χ0) is 24.3. The Balaban J connectivity index is 0.00000342. The summed E-state index contributed by atoms with van der Waals surface area (Å²) in [5, 5.41) is 6.93. The maximum Gasteiger partial charge on any atom is 0.419 e. The van der Waals surface area contributed by atoms with Gasteiger partial charge in [0.25, 0.3) is 5.91 Å². The van der Waals surface area contributed by atoms with Crippen LogP contribution in [-0.4, -0.2) is 39.1 Å². The van der Waals surface area contributed by atoms with E-state index in [1.807, 2.05) is 0 Å². The van der Waals surface area contributed by atoms with Crippen LogP contribution in [0.5, 0.6) is 5.75 Å². The monoisotopic (exact) mass is 512 g/mol. The van der Waals surface area contributed by atoms with Crippen molar-refractivity contribution in [1.82, 2.24) is 14.7 Å². The average Bonchev–Trinajstić information content (AvgIpc) is 3.36. The molecule has 1 N–H and O–H groups in total. The number of aryl methyl sites for hydroxylation is 1. The van der Waals surface area contributed by atoms with Crippen molar-refractivity contribution in [2.24, 2.45) is 13.0 Å². The van der Waals surface area contributed by atoms with Crippen LogP contribution in [0.4, 0.5) is 19.0 Å². The lowest BCUT2D eigenvalue weighted by Gasteiger charge is -2.31. The van der Waals surface area contributed by atoms with E-state index in [0.29, 0.717) is 12.2 Å². The predicted molar refractivity (Wildman–Crippen MR) is 126 cm³/mol. The third-order valence-corrected chi connectivity index (χ3v) is 6.25. The summed E-state index contributed by atoms with van der Waals surface area (Å²) < 4.78 is 47.1. The van der Waals surface area contributed by atoms with E-state index in [1.165, 1.54) is 23.1 Å². The molecule has 4 rings (SSSR count). The second-order valence-electron chi connectivity index (χ2n) is 8.79. The molecule has 1 aliphatic carbocycles. The number of aromatic nitrogens is 2. The highest BCUT2D eigenvalue weighted by Gasteiger charge is 2.38. The lowest BCUT2D eigenvalue weighted by atomic mass is 9.84. The molecule has 2 heterocycles. The molecule has 35 heavy (non-hydrogen) atoms. The number of hydrogen-bond donors (Lipinski definition) is 1. The number of rotatable bonds is 7. The molecule has 0 saturated heterocycles. The van der Waals surface area contributed by atoms with Crippen LogP contribution in [0, 0.1) is 5.92 Å². The van der Waals surface area contributed by atoms with Gasteiger partial charge in [0, 0.05) is 25.4 Å². The largest absolute Gasteiger partial charge is 0.459 e. The van der Waals surface area contributed by atoms with Crippen LogP contribution in [0.3, 0.4) is 0 Å². The SMILES string of the molecule is Cl.Cn1ccc(NC(=O)[C@H](CC2CCCCC2)N2CC(Oc3ccccc3C(F)(F)F)=CC2=O)n1. The van der Waals surface area contributed by atoms with Crippen LogP contribution < -0.4 is 10.1 Å². The predicted octanol–water partition coefficient (Wildman–Crippen LogP) is 4.94. The van der Waals surface area contributed by atoms with Crippen molar-refractivity contribution in [3.63, 3.8) is 0 Å². The standard InChI is InChI=1S/C24H27F3N4O3.ClH/c1-30-12-11-21(29-30)28-23(33)19(13-16-7-3-2-4-8-16)31-15-17(14-22(31)32)34-20-10-6-5-9-18(20)24(25,26)27;/h5-6,9-12,14,16,19H,2-4,7-8,13,15H2,1H3,(H,28,29,33);1H/t19-;/m0./s1. The van der Waals surface area contributed by atoms with Gasteiger partial charge in [0.15, 0.2) is 5.82 Å². The maximum atomic E-state index is 13.3. The number of hydrogen-bond acceptors (Lipinski definition) is 4. The van der Waals surface area contributed by atoms with Gasteiger partial charge in [-0.1, -0.05) is 44.2 Å². The van der Waals surface area contributed by atoms with E-state index >= 15 is 0 Å². The number of ether oxygens (including phenoxy) is 1. The zero-order valence-corrected chi connectivity index (χ0v) is 20.1. The fourth-order valence-electron chi connectivity index (χ4n) is 4.57. The minimum absolute atomic E-state index is 0. The molecular formula is C24H28ClF3N4O3. The number of nitrogens with one attached hydrogen (secondary N) is 1. The summed E-state index contributed by atoms with van der Waals surface area (Å²) >= 11 is 0. The van der Waals surface area contributed by atoms with E-state index in [2.05, 4.69) is 10.4 Å². The van der Waals surface area contributed by atoms with Crippen LogP contribution in [0.2, 0.25) is 0 Å². The molecular weight excluding hydrogens is 485 g/mol. The fraction of sp³-hybridized carbons (Fsp3) is 0.458. The first kappa shape index (κ1) is 26.6. The van der Waals surface area contributed by atoms with Gasteiger partial charge in [0.1, 0.15) is 17.6 Å². The van der Waals surface area contributed by atoms with Crippen molar-refractivity contribution >= 4 is 30.0 Å². The molecule has 2 aromatic rings. The molecule has 2 amide bonds. The van der Waals surface area contributed by atoms with Crippen molar-refractivity contribution in [2.75, 3.05) is 11.9 Å². The molecule has 1 aromatic carbocycles. The second-order valence-corrected chi connectivity index (χ2v) is 8.79. The van der Waals surface area contributed by atoms with E-state index in [-0.39, 0.29) is 42.3 Å². The van der Waals surface area contributed by atoms with Gasteiger partial charge in [-0.25, -0.2) is 0 Å². The molecule has 0 bridgehead atoms. The van der Waals surface area contributed by atoms with E-state index in [9.17, 15) is 22.8 Å². The highest BCUT2D eigenvalue weighted by atomic mass is 35.5. The van der Waals surface area contributed by atoms with Crippen molar-refractivity contribution < 1.29 is 27.5 Å². The van der Waals surface area contributed by atoms with Gasteiger partial charge in [0.2, 0.25) is 5.91 Å². The topological polar surface area (TPSA) is 76.5 Å². The molecule has 1 fully saturated rings. The first-order valence-electron chi connectivity index (χ1n) is 11.4. The maximum absolute atomic E-state index is 13.3. The molecule has 1 saturated carbocycles. The van der Waals surface area contributed by atoms with Crippen molar-refractivity contribution in [1.29, 1.82) is 0 Å². The average molecular weight is 513 g/mol.